The summed E-state index contributed by atoms with van der Waals surface area (Å²) in [4.78, 5) is 58.8. The van der Waals surface area contributed by atoms with Crippen molar-refractivity contribution in [3.05, 3.63) is 76.9 Å². The third-order valence-corrected chi connectivity index (χ3v) is 7.99. The van der Waals surface area contributed by atoms with E-state index in [-0.39, 0.29) is 59.4 Å². The fourth-order valence-corrected chi connectivity index (χ4v) is 5.48. The number of esters is 1. The predicted octanol–water partition coefficient (Wildman–Crippen LogP) is 5.22. The van der Waals surface area contributed by atoms with Gasteiger partial charge in [0, 0.05) is 24.8 Å². The Balaban J connectivity index is 1.57. The lowest BCUT2D eigenvalue weighted by atomic mass is 10.0. The molecule has 1 saturated heterocycles. The van der Waals surface area contributed by atoms with Gasteiger partial charge in [0.15, 0.2) is 24.1 Å². The molecular formula is C38H46N2O13. The standard InChI is InChI=1S/C38H46N2O13/c1-38(2,3)52-37(44)53-40-17-9-10-30(28(21-40)39-35(42)25-18-31(47-6)34(49-8)32(19-25)48-7)51-36(43)24-13-11-23(12-14-24)33(41)27-20-26(46-5)15-16-29(27)50-22-45-4/h11-16,18-20,28,30H,9-10,17,21-22H2,1-8H3,(H,39,42)/t28-,30-/m1/s1. The maximum Gasteiger partial charge on any atom is 0.528 e. The number of ether oxygens (including phenoxy) is 8. The van der Waals surface area contributed by atoms with Crippen LogP contribution in [0.5, 0.6) is 28.7 Å². The molecule has 3 aromatic carbocycles. The number of methoxy groups -OCH3 is 5. The van der Waals surface area contributed by atoms with Crippen LogP contribution in [-0.4, -0.2) is 102 Å². The SMILES string of the molecule is COCOc1ccc(OC)cc1C(=O)c1ccc(C(=O)O[C@@H]2CCCN(OC(=O)OC(C)(C)C)C[C@H]2NC(=O)c2cc(OC)c(OC)c(OC)c2)cc1. The number of nitrogens with one attached hydrogen (secondary N) is 1. The molecule has 53 heavy (non-hydrogen) atoms. The molecule has 0 aliphatic carbocycles. The molecule has 0 saturated carbocycles. The number of rotatable bonds is 14. The normalized spacial score (nSPS) is 16.0. The van der Waals surface area contributed by atoms with Crippen LogP contribution in [0.1, 0.15) is 70.3 Å². The molecule has 2 atom stereocenters. The van der Waals surface area contributed by atoms with Crippen molar-refractivity contribution in [2.45, 2.75) is 51.4 Å². The van der Waals surface area contributed by atoms with Crippen molar-refractivity contribution >= 4 is 23.8 Å². The fraction of sp³-hybridized carbons (Fsp3) is 0.421. The molecule has 4 rings (SSSR count). The molecule has 0 radical (unpaired) electrons. The second kappa shape index (κ2) is 18.3. The summed E-state index contributed by atoms with van der Waals surface area (Å²) in [6, 6.07) is 12.9. The van der Waals surface area contributed by atoms with Crippen molar-refractivity contribution in [2.24, 2.45) is 0 Å². The number of benzene rings is 3. The van der Waals surface area contributed by atoms with Gasteiger partial charge in [-0.05, 0) is 76.1 Å². The topological polar surface area (TPSA) is 167 Å². The molecule has 1 aliphatic rings. The summed E-state index contributed by atoms with van der Waals surface area (Å²) in [6.07, 6.45) is -1.00. The third-order valence-electron chi connectivity index (χ3n) is 7.99. The van der Waals surface area contributed by atoms with Crippen LogP contribution in [-0.2, 0) is 19.0 Å². The van der Waals surface area contributed by atoms with Gasteiger partial charge in [0.25, 0.3) is 5.91 Å². The molecule has 1 N–H and O–H groups in total. The van der Waals surface area contributed by atoms with Gasteiger partial charge in [-0.2, -0.15) is 0 Å². The van der Waals surface area contributed by atoms with Crippen molar-refractivity contribution in [3.8, 4) is 28.7 Å². The maximum absolute atomic E-state index is 13.7. The van der Waals surface area contributed by atoms with E-state index in [1.807, 2.05) is 0 Å². The lowest BCUT2D eigenvalue weighted by Crippen LogP contribution is -2.50. The Morgan fingerprint density at radius 1 is 0.792 bits per heavy atom. The van der Waals surface area contributed by atoms with Crippen molar-refractivity contribution < 1.29 is 61.9 Å². The number of hydroxylamine groups is 2. The minimum Gasteiger partial charge on any atom is -0.497 e. The highest BCUT2D eigenvalue weighted by Gasteiger charge is 2.34. The van der Waals surface area contributed by atoms with Gasteiger partial charge >= 0.3 is 12.1 Å². The fourth-order valence-electron chi connectivity index (χ4n) is 5.48. The van der Waals surface area contributed by atoms with E-state index in [4.69, 9.17) is 42.7 Å². The van der Waals surface area contributed by atoms with Gasteiger partial charge in [-0.3, -0.25) is 9.59 Å². The molecule has 286 valence electrons. The zero-order valence-electron chi connectivity index (χ0n) is 31.1. The summed E-state index contributed by atoms with van der Waals surface area (Å²) < 4.78 is 43.4. The maximum atomic E-state index is 13.7. The van der Waals surface area contributed by atoms with Crippen LogP contribution in [0.25, 0.3) is 0 Å². The second-order valence-electron chi connectivity index (χ2n) is 12.8. The first-order valence-electron chi connectivity index (χ1n) is 16.7. The van der Waals surface area contributed by atoms with Gasteiger partial charge in [-0.15, -0.1) is 5.06 Å². The van der Waals surface area contributed by atoms with Crippen molar-refractivity contribution in [1.82, 2.24) is 10.4 Å². The Labute approximate surface area is 308 Å². The van der Waals surface area contributed by atoms with Crippen LogP contribution in [0, 0.1) is 0 Å². The highest BCUT2D eigenvalue weighted by Crippen LogP contribution is 2.38. The van der Waals surface area contributed by atoms with Crippen molar-refractivity contribution in [2.75, 3.05) is 55.4 Å². The Bertz CT molecular complexity index is 1730. The Kier molecular flexibility index (Phi) is 13.9. The Morgan fingerprint density at radius 2 is 1.45 bits per heavy atom. The summed E-state index contributed by atoms with van der Waals surface area (Å²) in [5.41, 5.74) is 0.0929. The van der Waals surface area contributed by atoms with Gasteiger partial charge in [-0.25, -0.2) is 9.59 Å². The summed E-state index contributed by atoms with van der Waals surface area (Å²) >= 11 is 0. The molecule has 15 nitrogen and oxygen atoms in total. The molecule has 1 aliphatic heterocycles. The van der Waals surface area contributed by atoms with E-state index < -0.39 is 35.8 Å². The summed E-state index contributed by atoms with van der Waals surface area (Å²) in [5, 5.41) is 4.29. The number of carbonyl (C=O) groups is 4. The van der Waals surface area contributed by atoms with E-state index in [1.54, 1.807) is 39.0 Å². The van der Waals surface area contributed by atoms with E-state index in [2.05, 4.69) is 5.32 Å². The monoisotopic (exact) mass is 738 g/mol. The molecule has 0 spiro atoms. The lowest BCUT2D eigenvalue weighted by Gasteiger charge is -2.29. The molecule has 0 bridgehead atoms. The quantitative estimate of drug-likeness (QED) is 0.130. The van der Waals surface area contributed by atoms with Gasteiger partial charge in [-0.1, -0.05) is 12.1 Å². The molecule has 15 heteroatoms. The molecular weight excluding hydrogens is 692 g/mol. The van der Waals surface area contributed by atoms with Gasteiger partial charge in [0.05, 0.1) is 52.2 Å². The van der Waals surface area contributed by atoms with E-state index in [0.717, 1.165) is 0 Å². The van der Waals surface area contributed by atoms with E-state index >= 15 is 0 Å². The number of hydrogen-bond acceptors (Lipinski definition) is 14. The first kappa shape index (κ1) is 40.2. The van der Waals surface area contributed by atoms with E-state index in [0.29, 0.717) is 30.1 Å². The zero-order chi connectivity index (χ0) is 38.7. The summed E-state index contributed by atoms with van der Waals surface area (Å²) in [6.45, 7) is 5.32. The van der Waals surface area contributed by atoms with Crippen LogP contribution < -0.4 is 29.0 Å². The average molecular weight is 739 g/mol. The van der Waals surface area contributed by atoms with Crippen LogP contribution in [0.2, 0.25) is 0 Å². The minimum absolute atomic E-state index is 0.0329. The minimum atomic E-state index is -0.913. The predicted molar refractivity (Wildman–Crippen MR) is 190 cm³/mol. The van der Waals surface area contributed by atoms with Gasteiger partial charge < -0.3 is 48.0 Å². The molecule has 0 unspecified atom stereocenters. The number of hydrogen-bond donors (Lipinski definition) is 1. The van der Waals surface area contributed by atoms with Gasteiger partial charge in [0.1, 0.15) is 23.2 Å². The van der Waals surface area contributed by atoms with E-state index in [9.17, 15) is 19.2 Å². The number of nitrogens with zero attached hydrogens (tertiary/aromatic N) is 1. The molecule has 0 aromatic heterocycles. The van der Waals surface area contributed by atoms with Crippen molar-refractivity contribution in [3.63, 3.8) is 0 Å². The lowest BCUT2D eigenvalue weighted by molar-refractivity contribution is -0.144. The van der Waals surface area contributed by atoms with Crippen molar-refractivity contribution in [1.29, 1.82) is 0 Å². The van der Waals surface area contributed by atoms with Crippen LogP contribution in [0.15, 0.2) is 54.6 Å². The highest BCUT2D eigenvalue weighted by atomic mass is 16.8. The zero-order valence-corrected chi connectivity index (χ0v) is 31.1. The Hall–Kier alpha value is -5.54. The second-order valence-corrected chi connectivity index (χ2v) is 12.8. The molecule has 1 amide bonds. The van der Waals surface area contributed by atoms with Crippen LogP contribution in [0.3, 0.4) is 0 Å². The number of ketones is 1. The smallest absolute Gasteiger partial charge is 0.497 e. The van der Waals surface area contributed by atoms with E-state index in [1.165, 1.54) is 77.0 Å². The number of amides is 1. The molecule has 3 aromatic rings. The van der Waals surface area contributed by atoms with Gasteiger partial charge in [0.2, 0.25) is 5.75 Å². The van der Waals surface area contributed by atoms with Crippen LogP contribution in [0.4, 0.5) is 4.79 Å². The first-order valence-corrected chi connectivity index (χ1v) is 16.7. The summed E-state index contributed by atoms with van der Waals surface area (Å²) in [7, 11) is 7.27. The number of carbonyl (C=O) groups excluding carboxylic acids is 4. The molecule has 1 heterocycles. The highest BCUT2D eigenvalue weighted by molar-refractivity contribution is 6.11. The van der Waals surface area contributed by atoms with Crippen LogP contribution >= 0.6 is 0 Å². The largest absolute Gasteiger partial charge is 0.528 e. The average Bonchev–Trinajstić information content (AvgIpc) is 3.32. The molecule has 1 fully saturated rings. The third kappa shape index (κ3) is 10.7. The first-order chi connectivity index (χ1) is 25.3. The summed E-state index contributed by atoms with van der Waals surface area (Å²) in [5.74, 6) is 0.0176. The Morgan fingerprint density at radius 3 is 2.04 bits per heavy atom.